The zero-order chi connectivity index (χ0) is 19.2. The van der Waals surface area contributed by atoms with Crippen LogP contribution in [0.15, 0.2) is 35.3 Å². The molecule has 0 spiro atoms. The van der Waals surface area contributed by atoms with E-state index in [1.165, 1.54) is 5.69 Å². The van der Waals surface area contributed by atoms with Gasteiger partial charge in [-0.1, -0.05) is 12.1 Å². The standard InChI is InChI=1S/C20H23N5O2/c1-20(2,3)25-16-10-6-9-15(13(16)11-21-25)23-19(27)17-22-14-8-5-4-7-12(14)18(26)24-17/h4-5,7-8,11,15H,6,9-10H2,1-3H3,(H,23,27)(H,22,24,26)/t15-/m1/s1. The van der Waals surface area contributed by atoms with Gasteiger partial charge in [0.2, 0.25) is 0 Å². The second kappa shape index (κ2) is 6.33. The number of nitrogens with one attached hydrogen (secondary N) is 2. The third-order valence-corrected chi connectivity index (χ3v) is 4.95. The molecular weight excluding hydrogens is 342 g/mol. The minimum absolute atomic E-state index is 0.0361. The van der Waals surface area contributed by atoms with Crippen LogP contribution in [0.4, 0.5) is 0 Å². The lowest BCUT2D eigenvalue weighted by atomic mass is 9.92. The maximum Gasteiger partial charge on any atom is 0.287 e. The van der Waals surface area contributed by atoms with Crippen molar-refractivity contribution < 1.29 is 4.79 Å². The maximum atomic E-state index is 12.8. The van der Waals surface area contributed by atoms with Gasteiger partial charge >= 0.3 is 0 Å². The van der Waals surface area contributed by atoms with Crippen molar-refractivity contribution in [2.45, 2.75) is 51.6 Å². The molecule has 0 fully saturated rings. The number of para-hydroxylation sites is 1. The number of rotatable bonds is 2. The van der Waals surface area contributed by atoms with Crippen LogP contribution in [-0.2, 0) is 12.0 Å². The fourth-order valence-corrected chi connectivity index (χ4v) is 3.71. The van der Waals surface area contributed by atoms with E-state index >= 15 is 0 Å². The molecule has 7 nitrogen and oxygen atoms in total. The van der Waals surface area contributed by atoms with E-state index in [1.54, 1.807) is 24.3 Å². The van der Waals surface area contributed by atoms with Crippen LogP contribution in [0.2, 0.25) is 0 Å². The molecule has 3 aromatic rings. The van der Waals surface area contributed by atoms with Crippen molar-refractivity contribution >= 4 is 16.8 Å². The number of nitrogens with zero attached hydrogens (tertiary/aromatic N) is 3. The normalized spacial score (nSPS) is 16.9. The van der Waals surface area contributed by atoms with Crippen LogP contribution in [-0.4, -0.2) is 25.7 Å². The molecule has 1 aromatic carbocycles. The summed E-state index contributed by atoms with van der Waals surface area (Å²) in [6, 6.07) is 6.86. The summed E-state index contributed by atoms with van der Waals surface area (Å²) in [6.07, 6.45) is 4.61. The summed E-state index contributed by atoms with van der Waals surface area (Å²) in [4.78, 5) is 31.9. The summed E-state index contributed by atoms with van der Waals surface area (Å²) < 4.78 is 2.04. The summed E-state index contributed by atoms with van der Waals surface area (Å²) >= 11 is 0. The van der Waals surface area contributed by atoms with Gasteiger partial charge in [0.05, 0.1) is 28.7 Å². The molecule has 4 rings (SSSR count). The van der Waals surface area contributed by atoms with Crippen LogP contribution in [0.25, 0.3) is 10.9 Å². The van der Waals surface area contributed by atoms with Crippen molar-refractivity contribution in [3.8, 4) is 0 Å². The molecule has 0 saturated heterocycles. The first kappa shape index (κ1) is 17.5. The Hall–Kier alpha value is -2.96. The topological polar surface area (TPSA) is 92.7 Å². The number of aromatic nitrogens is 4. The Morgan fingerprint density at radius 1 is 1.30 bits per heavy atom. The summed E-state index contributed by atoms with van der Waals surface area (Å²) in [6.45, 7) is 6.35. The Bertz CT molecular complexity index is 1070. The van der Waals surface area contributed by atoms with E-state index in [1.807, 2.05) is 10.9 Å². The van der Waals surface area contributed by atoms with E-state index in [2.05, 4.69) is 41.2 Å². The van der Waals surface area contributed by atoms with Crippen LogP contribution in [0, 0.1) is 0 Å². The Morgan fingerprint density at radius 2 is 2.07 bits per heavy atom. The Balaban J connectivity index is 1.64. The molecule has 0 bridgehead atoms. The zero-order valence-corrected chi connectivity index (χ0v) is 15.7. The van der Waals surface area contributed by atoms with Crippen LogP contribution in [0.1, 0.15) is 61.5 Å². The predicted molar refractivity (Wildman–Crippen MR) is 103 cm³/mol. The van der Waals surface area contributed by atoms with E-state index in [9.17, 15) is 9.59 Å². The van der Waals surface area contributed by atoms with Crippen molar-refractivity contribution in [1.29, 1.82) is 0 Å². The van der Waals surface area contributed by atoms with Gasteiger partial charge in [0.15, 0.2) is 5.82 Å². The number of carbonyl (C=O) groups excluding carboxylic acids is 1. The molecule has 2 N–H and O–H groups in total. The van der Waals surface area contributed by atoms with Gasteiger partial charge in [0, 0.05) is 11.3 Å². The average molecular weight is 365 g/mol. The van der Waals surface area contributed by atoms with Crippen molar-refractivity contribution in [3.05, 3.63) is 57.9 Å². The Morgan fingerprint density at radius 3 is 2.85 bits per heavy atom. The van der Waals surface area contributed by atoms with Crippen LogP contribution < -0.4 is 10.9 Å². The third kappa shape index (κ3) is 3.13. The second-order valence-electron chi connectivity index (χ2n) is 7.98. The lowest BCUT2D eigenvalue weighted by Gasteiger charge is -2.28. The first-order chi connectivity index (χ1) is 12.8. The molecule has 0 unspecified atom stereocenters. The van der Waals surface area contributed by atoms with Gasteiger partial charge in [-0.05, 0) is 52.2 Å². The number of aromatic amines is 1. The number of fused-ring (bicyclic) bond motifs is 2. The van der Waals surface area contributed by atoms with Gasteiger partial charge in [-0.3, -0.25) is 14.3 Å². The smallest absolute Gasteiger partial charge is 0.287 e. The largest absolute Gasteiger partial charge is 0.342 e. The third-order valence-electron chi connectivity index (χ3n) is 4.95. The first-order valence-corrected chi connectivity index (χ1v) is 9.22. The van der Waals surface area contributed by atoms with Gasteiger partial charge in [-0.25, -0.2) is 4.98 Å². The van der Waals surface area contributed by atoms with Gasteiger partial charge in [-0.2, -0.15) is 5.10 Å². The molecule has 27 heavy (non-hydrogen) atoms. The quantitative estimate of drug-likeness (QED) is 0.730. The van der Waals surface area contributed by atoms with E-state index in [4.69, 9.17) is 0 Å². The molecule has 2 aromatic heterocycles. The fourth-order valence-electron chi connectivity index (χ4n) is 3.71. The summed E-state index contributed by atoms with van der Waals surface area (Å²) in [5, 5.41) is 8.04. The highest BCUT2D eigenvalue weighted by Gasteiger charge is 2.29. The van der Waals surface area contributed by atoms with Crippen LogP contribution in [0.5, 0.6) is 0 Å². The fraction of sp³-hybridized carbons (Fsp3) is 0.400. The molecule has 0 saturated carbocycles. The first-order valence-electron chi connectivity index (χ1n) is 9.22. The van der Waals surface area contributed by atoms with E-state index in [0.717, 1.165) is 24.8 Å². The molecule has 0 radical (unpaired) electrons. The van der Waals surface area contributed by atoms with Crippen LogP contribution >= 0.6 is 0 Å². The molecule has 1 aliphatic rings. The van der Waals surface area contributed by atoms with E-state index in [-0.39, 0.29) is 28.9 Å². The van der Waals surface area contributed by atoms with Crippen LogP contribution in [0.3, 0.4) is 0 Å². The van der Waals surface area contributed by atoms with Gasteiger partial charge in [0.25, 0.3) is 11.5 Å². The Kier molecular flexibility index (Phi) is 4.09. The van der Waals surface area contributed by atoms with Crippen molar-refractivity contribution in [3.63, 3.8) is 0 Å². The second-order valence-corrected chi connectivity index (χ2v) is 7.98. The molecule has 0 aliphatic heterocycles. The molecule has 1 atom stereocenters. The minimum Gasteiger partial charge on any atom is -0.342 e. The number of hydrogen-bond donors (Lipinski definition) is 2. The van der Waals surface area contributed by atoms with Crippen molar-refractivity contribution in [1.82, 2.24) is 25.1 Å². The number of hydrogen-bond acceptors (Lipinski definition) is 4. The maximum absolute atomic E-state index is 12.8. The SMILES string of the molecule is CC(C)(C)n1ncc2c1CCC[C@H]2NC(=O)c1nc2ccccc2c(=O)[nH]1. The number of benzene rings is 1. The molecular formula is C20H23N5O2. The minimum atomic E-state index is -0.376. The summed E-state index contributed by atoms with van der Waals surface area (Å²) in [7, 11) is 0. The van der Waals surface area contributed by atoms with E-state index < -0.39 is 0 Å². The number of H-pyrrole nitrogens is 1. The lowest BCUT2D eigenvalue weighted by Crippen LogP contribution is -2.34. The van der Waals surface area contributed by atoms with Gasteiger partial charge in [-0.15, -0.1) is 0 Å². The molecule has 140 valence electrons. The molecule has 7 heteroatoms. The van der Waals surface area contributed by atoms with Crippen molar-refractivity contribution in [2.75, 3.05) is 0 Å². The summed E-state index contributed by atoms with van der Waals surface area (Å²) in [5.41, 5.74) is 2.31. The molecule has 1 amide bonds. The van der Waals surface area contributed by atoms with Gasteiger partial charge in [0.1, 0.15) is 0 Å². The highest BCUT2D eigenvalue weighted by Crippen LogP contribution is 2.32. The lowest BCUT2D eigenvalue weighted by molar-refractivity contribution is 0.0922. The van der Waals surface area contributed by atoms with Gasteiger partial charge < -0.3 is 10.3 Å². The number of carbonyl (C=O) groups is 1. The predicted octanol–water partition coefficient (Wildman–Crippen LogP) is 2.68. The highest BCUT2D eigenvalue weighted by molar-refractivity contribution is 5.92. The molecule has 2 heterocycles. The van der Waals surface area contributed by atoms with Crippen molar-refractivity contribution in [2.24, 2.45) is 0 Å². The number of amides is 1. The average Bonchev–Trinajstić information content (AvgIpc) is 3.07. The highest BCUT2D eigenvalue weighted by atomic mass is 16.2. The molecule has 1 aliphatic carbocycles. The summed E-state index contributed by atoms with van der Waals surface area (Å²) in [5.74, 6) is -0.340. The Labute approximate surface area is 156 Å². The van der Waals surface area contributed by atoms with E-state index in [0.29, 0.717) is 10.9 Å². The zero-order valence-electron chi connectivity index (χ0n) is 15.7. The monoisotopic (exact) mass is 365 g/mol.